The van der Waals surface area contributed by atoms with Crippen molar-refractivity contribution in [3.63, 3.8) is 0 Å². The van der Waals surface area contributed by atoms with Gasteiger partial charge >= 0.3 is 0 Å². The Morgan fingerprint density at radius 2 is 1.83 bits per heavy atom. The van der Waals surface area contributed by atoms with Gasteiger partial charge in [-0.2, -0.15) is 0 Å². The first-order valence-electron chi connectivity index (χ1n) is 8.83. The summed E-state index contributed by atoms with van der Waals surface area (Å²) >= 11 is 0. The predicted molar refractivity (Wildman–Crippen MR) is 95.1 cm³/mol. The monoisotopic (exact) mass is 320 g/mol. The Morgan fingerprint density at radius 1 is 1.13 bits per heavy atom. The first-order chi connectivity index (χ1) is 10.8. The van der Waals surface area contributed by atoms with E-state index in [9.17, 15) is 5.11 Å². The van der Waals surface area contributed by atoms with Gasteiger partial charge in [-0.25, -0.2) is 9.97 Å². The van der Waals surface area contributed by atoms with Crippen LogP contribution in [-0.4, -0.2) is 58.3 Å². The van der Waals surface area contributed by atoms with Gasteiger partial charge < -0.3 is 10.0 Å². The van der Waals surface area contributed by atoms with E-state index in [1.165, 1.54) is 0 Å². The zero-order valence-electron chi connectivity index (χ0n) is 15.5. The number of nitrogens with zero attached hydrogens (tertiary/aromatic N) is 4. The number of anilines is 1. The van der Waals surface area contributed by atoms with E-state index in [1.54, 1.807) is 0 Å². The second kappa shape index (κ2) is 7.58. The van der Waals surface area contributed by atoms with Crippen LogP contribution in [0.25, 0.3) is 0 Å². The average molecular weight is 320 g/mol. The van der Waals surface area contributed by atoms with Crippen LogP contribution in [0.5, 0.6) is 0 Å². The molecule has 0 amide bonds. The van der Waals surface area contributed by atoms with Crippen LogP contribution in [0.1, 0.15) is 64.9 Å². The standard InChI is InChI=1S/C18H32N4O/c1-12(2)16-9-17(20-18(19-16)13(3)4)22-8-7-21(11-15(6)23)14(5)10-22/h9,12-15,23H,7-8,10-11H2,1-6H3. The number of hydrogen-bond donors (Lipinski definition) is 1. The summed E-state index contributed by atoms with van der Waals surface area (Å²) in [6, 6.07) is 2.56. The topological polar surface area (TPSA) is 52.5 Å². The molecule has 0 aromatic carbocycles. The molecule has 2 unspecified atom stereocenters. The molecule has 0 aliphatic carbocycles. The van der Waals surface area contributed by atoms with Gasteiger partial charge in [-0.15, -0.1) is 0 Å². The van der Waals surface area contributed by atoms with Crippen LogP contribution in [0.2, 0.25) is 0 Å². The lowest BCUT2D eigenvalue weighted by Crippen LogP contribution is -2.53. The van der Waals surface area contributed by atoms with Crippen LogP contribution >= 0.6 is 0 Å². The largest absolute Gasteiger partial charge is 0.392 e. The van der Waals surface area contributed by atoms with Crippen LogP contribution in [0.15, 0.2) is 6.07 Å². The molecule has 2 atom stereocenters. The van der Waals surface area contributed by atoms with Gasteiger partial charge in [0, 0.05) is 49.9 Å². The number of β-amino-alcohol motifs (C(OH)–C–C–N with tert-alkyl or cyclic N) is 1. The maximum atomic E-state index is 9.62. The highest BCUT2D eigenvalue weighted by Gasteiger charge is 2.26. The molecule has 2 heterocycles. The molecule has 5 nitrogen and oxygen atoms in total. The van der Waals surface area contributed by atoms with E-state index >= 15 is 0 Å². The molecule has 23 heavy (non-hydrogen) atoms. The molecule has 0 saturated carbocycles. The van der Waals surface area contributed by atoms with Crippen LogP contribution in [0.4, 0.5) is 5.82 Å². The number of hydrogen-bond acceptors (Lipinski definition) is 5. The Balaban J connectivity index is 2.19. The number of aromatic nitrogens is 2. The van der Waals surface area contributed by atoms with Crippen molar-refractivity contribution in [2.24, 2.45) is 0 Å². The van der Waals surface area contributed by atoms with Crippen molar-refractivity contribution in [1.29, 1.82) is 0 Å². The van der Waals surface area contributed by atoms with Gasteiger partial charge in [-0.05, 0) is 19.8 Å². The maximum Gasteiger partial charge on any atom is 0.133 e. The molecule has 5 heteroatoms. The highest BCUT2D eigenvalue weighted by Crippen LogP contribution is 2.24. The van der Waals surface area contributed by atoms with E-state index in [0.29, 0.717) is 17.9 Å². The molecule has 1 aliphatic heterocycles. The van der Waals surface area contributed by atoms with Crippen molar-refractivity contribution < 1.29 is 5.11 Å². The SMILES string of the molecule is CC(O)CN1CCN(c2cc(C(C)C)nc(C(C)C)n2)CC1C. The molecule has 2 rings (SSSR count). The lowest BCUT2D eigenvalue weighted by atomic mass is 10.1. The van der Waals surface area contributed by atoms with Gasteiger partial charge in [0.15, 0.2) is 0 Å². The molecule has 1 aromatic rings. The first-order valence-corrected chi connectivity index (χ1v) is 8.83. The molecular weight excluding hydrogens is 288 g/mol. The Bertz CT molecular complexity index is 489. The van der Waals surface area contributed by atoms with Crippen molar-refractivity contribution in [3.05, 3.63) is 17.6 Å². The number of rotatable bonds is 5. The molecule has 1 fully saturated rings. The van der Waals surface area contributed by atoms with E-state index < -0.39 is 0 Å². The number of aliphatic hydroxyl groups is 1. The average Bonchev–Trinajstić information content (AvgIpc) is 2.48. The fraction of sp³-hybridized carbons (Fsp3) is 0.778. The Morgan fingerprint density at radius 3 is 2.35 bits per heavy atom. The predicted octanol–water partition coefficient (Wildman–Crippen LogP) is 2.61. The summed E-state index contributed by atoms with van der Waals surface area (Å²) in [6.07, 6.45) is -0.275. The zero-order chi connectivity index (χ0) is 17.1. The molecular formula is C18H32N4O. The maximum absolute atomic E-state index is 9.62. The van der Waals surface area contributed by atoms with Crippen molar-refractivity contribution >= 4 is 5.82 Å². The Hall–Kier alpha value is -1.20. The van der Waals surface area contributed by atoms with Gasteiger partial charge in [-0.1, -0.05) is 27.7 Å². The Kier molecular flexibility index (Phi) is 5.98. The lowest BCUT2D eigenvalue weighted by molar-refractivity contribution is 0.0958. The van der Waals surface area contributed by atoms with Crippen molar-refractivity contribution in [1.82, 2.24) is 14.9 Å². The third kappa shape index (κ3) is 4.64. The molecule has 1 aliphatic rings. The minimum absolute atomic E-state index is 0.275. The van der Waals surface area contributed by atoms with Crippen LogP contribution in [-0.2, 0) is 0 Å². The summed E-state index contributed by atoms with van der Waals surface area (Å²) in [6.45, 7) is 16.3. The van der Waals surface area contributed by atoms with E-state index in [4.69, 9.17) is 9.97 Å². The summed E-state index contributed by atoms with van der Waals surface area (Å²) in [5, 5.41) is 9.62. The summed E-state index contributed by atoms with van der Waals surface area (Å²) in [4.78, 5) is 14.2. The van der Waals surface area contributed by atoms with Crippen molar-refractivity contribution in [2.75, 3.05) is 31.1 Å². The summed E-state index contributed by atoms with van der Waals surface area (Å²) in [5.74, 6) is 2.73. The molecule has 1 aromatic heterocycles. The van der Waals surface area contributed by atoms with Gasteiger partial charge in [0.25, 0.3) is 0 Å². The van der Waals surface area contributed by atoms with E-state index in [0.717, 1.165) is 43.5 Å². The van der Waals surface area contributed by atoms with Crippen molar-refractivity contribution in [2.45, 2.75) is 65.5 Å². The summed E-state index contributed by atoms with van der Waals surface area (Å²) < 4.78 is 0. The minimum Gasteiger partial charge on any atom is -0.392 e. The fourth-order valence-electron chi connectivity index (χ4n) is 3.00. The lowest BCUT2D eigenvalue weighted by Gasteiger charge is -2.41. The molecule has 1 N–H and O–H groups in total. The van der Waals surface area contributed by atoms with E-state index in [-0.39, 0.29) is 6.10 Å². The summed E-state index contributed by atoms with van der Waals surface area (Å²) in [7, 11) is 0. The summed E-state index contributed by atoms with van der Waals surface area (Å²) in [5.41, 5.74) is 1.12. The molecule has 0 spiro atoms. The Labute approximate surface area is 140 Å². The number of aliphatic hydroxyl groups excluding tert-OH is 1. The fourth-order valence-corrected chi connectivity index (χ4v) is 3.00. The second-order valence-corrected chi connectivity index (χ2v) is 7.46. The van der Waals surface area contributed by atoms with Crippen molar-refractivity contribution in [3.8, 4) is 0 Å². The minimum atomic E-state index is -0.275. The van der Waals surface area contributed by atoms with E-state index in [1.807, 2.05) is 6.92 Å². The third-order valence-electron chi connectivity index (χ3n) is 4.45. The highest BCUT2D eigenvalue weighted by molar-refractivity contribution is 5.42. The molecule has 0 bridgehead atoms. The van der Waals surface area contributed by atoms with Crippen LogP contribution < -0.4 is 4.90 Å². The quantitative estimate of drug-likeness (QED) is 0.904. The normalized spacial score (nSPS) is 21.3. The van der Waals surface area contributed by atoms with Gasteiger partial charge in [0.05, 0.1) is 6.10 Å². The highest BCUT2D eigenvalue weighted by atomic mass is 16.3. The third-order valence-corrected chi connectivity index (χ3v) is 4.45. The first kappa shape index (κ1) is 18.1. The zero-order valence-corrected chi connectivity index (χ0v) is 15.5. The van der Waals surface area contributed by atoms with Gasteiger partial charge in [-0.3, -0.25) is 4.90 Å². The van der Waals surface area contributed by atoms with Gasteiger partial charge in [0.2, 0.25) is 0 Å². The second-order valence-electron chi connectivity index (χ2n) is 7.46. The van der Waals surface area contributed by atoms with Crippen LogP contribution in [0.3, 0.4) is 0 Å². The smallest absolute Gasteiger partial charge is 0.133 e. The number of piperazine rings is 1. The molecule has 0 radical (unpaired) electrons. The van der Waals surface area contributed by atoms with Gasteiger partial charge in [0.1, 0.15) is 11.6 Å². The van der Waals surface area contributed by atoms with Crippen LogP contribution in [0, 0.1) is 0 Å². The molecule has 1 saturated heterocycles. The van der Waals surface area contributed by atoms with E-state index in [2.05, 4.69) is 50.5 Å². The molecule has 130 valence electrons.